The van der Waals surface area contributed by atoms with Gasteiger partial charge in [-0.1, -0.05) is 0 Å². The predicted molar refractivity (Wildman–Crippen MR) is 107 cm³/mol. The van der Waals surface area contributed by atoms with Gasteiger partial charge in [0.2, 0.25) is 5.91 Å². The highest BCUT2D eigenvalue weighted by atomic mass is 32.2. The zero-order chi connectivity index (χ0) is 23.9. The van der Waals surface area contributed by atoms with Crippen molar-refractivity contribution >= 4 is 21.7 Å². The minimum absolute atomic E-state index is 0.0814. The molecule has 2 aliphatic heterocycles. The van der Waals surface area contributed by atoms with Gasteiger partial charge in [0.05, 0.1) is 4.90 Å². The summed E-state index contributed by atoms with van der Waals surface area (Å²) < 4.78 is 81.8. The number of piperidine rings is 1. The van der Waals surface area contributed by atoms with Gasteiger partial charge in [0, 0.05) is 43.4 Å². The van der Waals surface area contributed by atoms with Crippen LogP contribution >= 0.6 is 0 Å². The van der Waals surface area contributed by atoms with Crippen molar-refractivity contribution in [1.82, 2.24) is 15.0 Å². The summed E-state index contributed by atoms with van der Waals surface area (Å²) in [5.74, 6) is -3.45. The van der Waals surface area contributed by atoms with E-state index >= 15 is 0 Å². The van der Waals surface area contributed by atoms with Crippen LogP contribution in [0.4, 0.5) is 23.5 Å². The number of likely N-dealkylation sites (tertiary alicyclic amines) is 1. The smallest absolute Gasteiger partial charge is 0.316 e. The van der Waals surface area contributed by atoms with Crippen molar-refractivity contribution < 1.29 is 35.3 Å². The zero-order valence-electron chi connectivity index (χ0n) is 17.7. The van der Waals surface area contributed by atoms with Crippen molar-refractivity contribution in [2.24, 2.45) is 5.92 Å². The van der Waals surface area contributed by atoms with Crippen LogP contribution in [-0.4, -0.2) is 61.3 Å². The molecule has 2 aliphatic rings. The minimum Gasteiger partial charge on any atom is -0.339 e. The summed E-state index contributed by atoms with van der Waals surface area (Å²) in [7, 11) is -3.76. The lowest BCUT2D eigenvalue weighted by Gasteiger charge is -2.36. The second-order valence-corrected chi connectivity index (χ2v) is 10.3. The van der Waals surface area contributed by atoms with Crippen LogP contribution in [0.3, 0.4) is 0 Å². The molecule has 0 spiro atoms. The number of benzene rings is 1. The summed E-state index contributed by atoms with van der Waals surface area (Å²) in [5.41, 5.74) is -0.302. The van der Waals surface area contributed by atoms with E-state index in [1.54, 1.807) is 9.80 Å². The maximum atomic E-state index is 14.4. The normalized spacial score (nSPS) is 20.3. The lowest BCUT2D eigenvalue weighted by atomic mass is 9.97. The zero-order valence-corrected chi connectivity index (χ0v) is 18.5. The molecule has 4 rings (SSSR count). The van der Waals surface area contributed by atoms with Gasteiger partial charge in [-0.2, -0.15) is 13.8 Å². The number of hydrogen-bond acceptors (Lipinski definition) is 7. The van der Waals surface area contributed by atoms with E-state index in [2.05, 4.69) is 14.7 Å². The summed E-state index contributed by atoms with van der Waals surface area (Å²) in [4.78, 5) is 19.6. The molecule has 13 heteroatoms. The second kappa shape index (κ2) is 8.92. The Labute approximate surface area is 187 Å². The van der Waals surface area contributed by atoms with Gasteiger partial charge < -0.3 is 14.3 Å². The van der Waals surface area contributed by atoms with E-state index in [1.807, 2.05) is 0 Å². The van der Waals surface area contributed by atoms with Gasteiger partial charge in [0.1, 0.15) is 11.6 Å². The molecule has 0 bridgehead atoms. The molecular weight excluding hydrogens is 468 g/mol. The highest BCUT2D eigenvalue weighted by molar-refractivity contribution is 7.90. The Kier molecular flexibility index (Phi) is 6.34. The molecule has 0 unspecified atom stereocenters. The van der Waals surface area contributed by atoms with Crippen molar-refractivity contribution in [2.75, 3.05) is 30.8 Å². The first kappa shape index (κ1) is 23.5. The topological polar surface area (TPSA) is 96.6 Å². The van der Waals surface area contributed by atoms with Crippen LogP contribution in [0.5, 0.6) is 0 Å². The van der Waals surface area contributed by atoms with Gasteiger partial charge in [-0.3, -0.25) is 4.79 Å². The Bertz CT molecular complexity index is 1130. The third kappa shape index (κ3) is 4.82. The number of aromatic nitrogens is 2. The molecule has 0 saturated carbocycles. The van der Waals surface area contributed by atoms with Gasteiger partial charge >= 0.3 is 6.43 Å². The average molecular weight is 490 g/mol. The van der Waals surface area contributed by atoms with Crippen LogP contribution in [0.15, 0.2) is 21.6 Å². The van der Waals surface area contributed by atoms with Crippen molar-refractivity contribution in [3.05, 3.63) is 35.2 Å². The fraction of sp³-hybridized carbons (Fsp3) is 0.550. The van der Waals surface area contributed by atoms with E-state index < -0.39 is 44.6 Å². The van der Waals surface area contributed by atoms with E-state index in [9.17, 15) is 30.8 Å². The van der Waals surface area contributed by atoms with E-state index in [4.69, 9.17) is 0 Å². The van der Waals surface area contributed by atoms with E-state index in [-0.39, 0.29) is 29.9 Å². The molecule has 1 aromatic heterocycles. The Morgan fingerprint density at radius 3 is 2.30 bits per heavy atom. The van der Waals surface area contributed by atoms with Gasteiger partial charge in [0.15, 0.2) is 9.84 Å². The third-order valence-corrected chi connectivity index (χ3v) is 7.24. The number of nitrogens with zero attached hydrogens (tertiary/aromatic N) is 4. The summed E-state index contributed by atoms with van der Waals surface area (Å²) in [5, 5.41) is 3.57. The molecule has 8 nitrogen and oxygen atoms in total. The summed E-state index contributed by atoms with van der Waals surface area (Å²) >= 11 is 0. The fourth-order valence-corrected chi connectivity index (χ4v) is 5.01. The molecule has 0 radical (unpaired) electrons. The van der Waals surface area contributed by atoms with Crippen LogP contribution in [0, 0.1) is 17.6 Å². The number of sulfone groups is 1. The number of halogens is 4. The number of rotatable bonds is 6. The molecule has 1 amide bonds. The SMILES string of the molecule is CS(=O)(=O)c1cc(F)c(C[C@H]2CCN(C3CCN(c4noc(C(F)F)n4)CC3)C2=O)c(F)c1. The Morgan fingerprint density at radius 1 is 1.12 bits per heavy atom. The maximum absolute atomic E-state index is 14.4. The van der Waals surface area contributed by atoms with Gasteiger partial charge in [-0.05, 0) is 43.0 Å². The molecule has 2 aromatic rings. The van der Waals surface area contributed by atoms with Gasteiger partial charge in [-0.25, -0.2) is 17.2 Å². The Balaban J connectivity index is 1.38. The summed E-state index contributed by atoms with van der Waals surface area (Å²) in [6.07, 6.45) is -0.601. The van der Waals surface area contributed by atoms with E-state index in [0.717, 1.165) is 18.4 Å². The fourth-order valence-electron chi connectivity index (χ4n) is 4.37. The quantitative estimate of drug-likeness (QED) is 0.575. The number of carbonyl (C=O) groups is 1. The van der Waals surface area contributed by atoms with Gasteiger partial charge in [-0.15, -0.1) is 0 Å². The van der Waals surface area contributed by atoms with Crippen molar-refractivity contribution in [1.29, 1.82) is 0 Å². The number of anilines is 1. The summed E-state index contributed by atoms with van der Waals surface area (Å²) in [6, 6.07) is 1.46. The minimum atomic E-state index is -3.76. The number of amides is 1. The molecule has 180 valence electrons. The highest BCUT2D eigenvalue weighted by Gasteiger charge is 2.38. The van der Waals surface area contributed by atoms with Crippen molar-refractivity contribution in [2.45, 2.75) is 43.0 Å². The molecule has 0 aliphatic carbocycles. The first-order valence-electron chi connectivity index (χ1n) is 10.4. The van der Waals surface area contributed by atoms with Crippen LogP contribution in [0.2, 0.25) is 0 Å². The van der Waals surface area contributed by atoms with Crippen LogP contribution in [-0.2, 0) is 21.1 Å². The Morgan fingerprint density at radius 2 is 1.76 bits per heavy atom. The molecule has 3 heterocycles. The predicted octanol–water partition coefficient (Wildman–Crippen LogP) is 2.75. The summed E-state index contributed by atoms with van der Waals surface area (Å²) in [6.45, 7) is 1.33. The molecule has 1 aromatic carbocycles. The Hall–Kier alpha value is -2.70. The first-order chi connectivity index (χ1) is 15.5. The number of alkyl halides is 2. The van der Waals surface area contributed by atoms with Crippen molar-refractivity contribution in [3.8, 4) is 0 Å². The highest BCUT2D eigenvalue weighted by Crippen LogP contribution is 2.31. The maximum Gasteiger partial charge on any atom is 0.316 e. The molecule has 2 saturated heterocycles. The molecule has 33 heavy (non-hydrogen) atoms. The van der Waals surface area contributed by atoms with Crippen molar-refractivity contribution in [3.63, 3.8) is 0 Å². The molecular formula is C20H22F4N4O4S. The van der Waals surface area contributed by atoms with Gasteiger partial charge in [0.25, 0.3) is 11.8 Å². The molecule has 0 N–H and O–H groups in total. The third-order valence-electron chi connectivity index (χ3n) is 6.15. The van der Waals surface area contributed by atoms with Crippen LogP contribution in [0.1, 0.15) is 37.1 Å². The number of hydrogen-bond donors (Lipinski definition) is 0. The van der Waals surface area contributed by atoms with Crippen LogP contribution in [0.25, 0.3) is 0 Å². The average Bonchev–Trinajstić information content (AvgIpc) is 3.38. The molecule has 2 fully saturated rings. The number of carbonyl (C=O) groups excluding carboxylic acids is 1. The lowest BCUT2D eigenvalue weighted by molar-refractivity contribution is -0.133. The monoisotopic (exact) mass is 490 g/mol. The second-order valence-electron chi connectivity index (χ2n) is 8.31. The first-order valence-corrected chi connectivity index (χ1v) is 12.3. The lowest BCUT2D eigenvalue weighted by Crippen LogP contribution is -2.46. The van der Waals surface area contributed by atoms with E-state index in [1.165, 1.54) is 0 Å². The molecule has 1 atom stereocenters. The standard InChI is InChI=1S/C20H22F4N4O4S/c1-33(30,31)13-9-15(21)14(16(22)10-13)8-11-2-7-28(19(11)29)12-3-5-27(6-4-12)20-25-18(17(23)24)32-26-20/h9-12,17H,2-8H2,1H3/t11-/m1/s1. The van der Waals surface area contributed by atoms with E-state index in [0.29, 0.717) is 38.9 Å². The van der Waals surface area contributed by atoms with Crippen LogP contribution < -0.4 is 4.90 Å². The largest absolute Gasteiger partial charge is 0.339 e.